The summed E-state index contributed by atoms with van der Waals surface area (Å²) in [6.07, 6.45) is 0.559. The Labute approximate surface area is 136 Å². The number of rotatable bonds is 4. The van der Waals surface area contributed by atoms with Crippen LogP contribution in [-0.4, -0.2) is 68.1 Å². The minimum Gasteiger partial charge on any atom is -0.341 e. The summed E-state index contributed by atoms with van der Waals surface area (Å²) >= 11 is 0. The van der Waals surface area contributed by atoms with E-state index in [0.29, 0.717) is 31.6 Å². The van der Waals surface area contributed by atoms with Crippen LogP contribution in [0.2, 0.25) is 0 Å². The quantitative estimate of drug-likeness (QED) is 0.809. The van der Waals surface area contributed by atoms with Crippen molar-refractivity contribution in [2.24, 2.45) is 0 Å². The summed E-state index contributed by atoms with van der Waals surface area (Å²) in [6, 6.07) is 6.20. The summed E-state index contributed by atoms with van der Waals surface area (Å²) in [5, 5.41) is 0. The van der Waals surface area contributed by atoms with Crippen LogP contribution in [0.3, 0.4) is 0 Å². The first-order valence-corrected chi connectivity index (χ1v) is 8.91. The van der Waals surface area contributed by atoms with Gasteiger partial charge in [-0.3, -0.25) is 4.79 Å². The lowest BCUT2D eigenvalue weighted by atomic mass is 10.1. The largest absolute Gasteiger partial charge is 0.341 e. The Morgan fingerprint density at radius 3 is 2.52 bits per heavy atom. The van der Waals surface area contributed by atoms with Gasteiger partial charge < -0.3 is 4.90 Å². The van der Waals surface area contributed by atoms with Gasteiger partial charge in [0.25, 0.3) is 10.2 Å². The molecule has 2 rings (SSSR count). The molecule has 0 spiro atoms. The van der Waals surface area contributed by atoms with E-state index in [9.17, 15) is 17.6 Å². The Hall–Kier alpha value is -1.51. The second kappa shape index (κ2) is 7.37. The predicted molar refractivity (Wildman–Crippen MR) is 85.5 cm³/mol. The molecule has 0 bridgehead atoms. The standard InChI is InChI=1S/C15H22FN3O3S/c1-17(2)23(21,22)19-9-5-8-18(10-11-19)15(20)12-13-6-3-4-7-14(13)16/h3-4,6-7H,5,8-12H2,1-2H3. The van der Waals surface area contributed by atoms with E-state index in [1.54, 1.807) is 23.1 Å². The van der Waals surface area contributed by atoms with Crippen LogP contribution in [0, 0.1) is 5.82 Å². The van der Waals surface area contributed by atoms with E-state index in [0.717, 1.165) is 0 Å². The lowest BCUT2D eigenvalue weighted by Gasteiger charge is -2.24. The SMILES string of the molecule is CN(C)S(=O)(=O)N1CCCN(C(=O)Cc2ccccc2F)CC1. The molecule has 0 unspecified atom stereocenters. The van der Waals surface area contributed by atoms with Gasteiger partial charge in [-0.1, -0.05) is 18.2 Å². The number of carbonyl (C=O) groups is 1. The number of hydrogen-bond acceptors (Lipinski definition) is 3. The van der Waals surface area contributed by atoms with Gasteiger partial charge in [0.05, 0.1) is 6.42 Å². The van der Waals surface area contributed by atoms with Crippen LogP contribution in [0.25, 0.3) is 0 Å². The van der Waals surface area contributed by atoms with Crippen molar-refractivity contribution in [3.63, 3.8) is 0 Å². The maximum atomic E-state index is 13.6. The van der Waals surface area contributed by atoms with Gasteiger partial charge >= 0.3 is 0 Å². The average molecular weight is 343 g/mol. The molecular formula is C15H22FN3O3S. The lowest BCUT2D eigenvalue weighted by Crippen LogP contribution is -2.42. The zero-order valence-electron chi connectivity index (χ0n) is 13.4. The van der Waals surface area contributed by atoms with Crippen LogP contribution in [0.5, 0.6) is 0 Å². The molecule has 1 aromatic carbocycles. The van der Waals surface area contributed by atoms with Gasteiger partial charge in [-0.2, -0.15) is 17.0 Å². The molecule has 1 aliphatic heterocycles. The number of halogens is 1. The van der Waals surface area contributed by atoms with Crippen LogP contribution < -0.4 is 0 Å². The topological polar surface area (TPSA) is 60.9 Å². The Morgan fingerprint density at radius 1 is 1.17 bits per heavy atom. The van der Waals surface area contributed by atoms with Gasteiger partial charge in [-0.25, -0.2) is 4.39 Å². The van der Waals surface area contributed by atoms with E-state index in [1.807, 2.05) is 0 Å². The zero-order valence-corrected chi connectivity index (χ0v) is 14.2. The Balaban J connectivity index is 2.00. The molecule has 8 heteroatoms. The normalized spacial score (nSPS) is 17.3. The Bertz CT molecular complexity index is 664. The van der Waals surface area contributed by atoms with Gasteiger partial charge in [-0.15, -0.1) is 0 Å². The molecule has 128 valence electrons. The molecule has 23 heavy (non-hydrogen) atoms. The highest BCUT2D eigenvalue weighted by molar-refractivity contribution is 7.86. The highest BCUT2D eigenvalue weighted by Gasteiger charge is 2.28. The number of amides is 1. The first-order chi connectivity index (χ1) is 10.8. The number of carbonyl (C=O) groups excluding carboxylic acids is 1. The van der Waals surface area contributed by atoms with Crippen molar-refractivity contribution in [3.05, 3.63) is 35.6 Å². The molecule has 0 radical (unpaired) electrons. The first kappa shape index (κ1) is 17.8. The summed E-state index contributed by atoms with van der Waals surface area (Å²) in [5.41, 5.74) is 0.361. The highest BCUT2D eigenvalue weighted by atomic mass is 32.2. The third-order valence-corrected chi connectivity index (χ3v) is 5.84. The highest BCUT2D eigenvalue weighted by Crippen LogP contribution is 2.13. The molecule has 1 fully saturated rings. The predicted octanol–water partition coefficient (Wildman–Crippen LogP) is 0.709. The van der Waals surface area contributed by atoms with Crippen molar-refractivity contribution in [3.8, 4) is 0 Å². The van der Waals surface area contributed by atoms with E-state index < -0.39 is 16.0 Å². The fourth-order valence-corrected chi connectivity index (χ4v) is 3.66. The molecule has 0 aromatic heterocycles. The van der Waals surface area contributed by atoms with Gasteiger partial charge in [0.1, 0.15) is 5.82 Å². The molecule has 0 atom stereocenters. The molecule has 1 aliphatic rings. The van der Waals surface area contributed by atoms with E-state index in [-0.39, 0.29) is 18.9 Å². The van der Waals surface area contributed by atoms with Crippen molar-refractivity contribution < 1.29 is 17.6 Å². The van der Waals surface area contributed by atoms with Crippen molar-refractivity contribution >= 4 is 16.1 Å². The average Bonchev–Trinajstić information content (AvgIpc) is 2.75. The van der Waals surface area contributed by atoms with Crippen molar-refractivity contribution in [2.45, 2.75) is 12.8 Å². The zero-order chi connectivity index (χ0) is 17.0. The second-order valence-electron chi connectivity index (χ2n) is 5.69. The summed E-state index contributed by atoms with van der Waals surface area (Å²) in [5.74, 6) is -0.577. The van der Waals surface area contributed by atoms with E-state index in [4.69, 9.17) is 0 Å². The maximum absolute atomic E-state index is 13.6. The number of nitrogens with zero attached hydrogens (tertiary/aromatic N) is 3. The van der Waals surface area contributed by atoms with E-state index in [1.165, 1.54) is 28.8 Å². The van der Waals surface area contributed by atoms with E-state index in [2.05, 4.69) is 0 Å². The van der Waals surface area contributed by atoms with E-state index >= 15 is 0 Å². The van der Waals surface area contributed by atoms with Gasteiger partial charge in [0, 0.05) is 40.3 Å². The Morgan fingerprint density at radius 2 is 1.87 bits per heavy atom. The van der Waals surface area contributed by atoms with Crippen molar-refractivity contribution in [1.82, 2.24) is 13.5 Å². The molecule has 0 N–H and O–H groups in total. The van der Waals surface area contributed by atoms with Crippen LogP contribution >= 0.6 is 0 Å². The fraction of sp³-hybridized carbons (Fsp3) is 0.533. The van der Waals surface area contributed by atoms with Crippen LogP contribution in [0.15, 0.2) is 24.3 Å². The smallest absolute Gasteiger partial charge is 0.281 e. The summed E-state index contributed by atoms with van der Waals surface area (Å²) < 4.78 is 40.5. The number of hydrogen-bond donors (Lipinski definition) is 0. The second-order valence-corrected chi connectivity index (χ2v) is 7.83. The third-order valence-electron chi connectivity index (χ3n) is 3.89. The molecule has 0 saturated carbocycles. The van der Waals surface area contributed by atoms with Gasteiger partial charge in [0.2, 0.25) is 5.91 Å². The maximum Gasteiger partial charge on any atom is 0.281 e. The third kappa shape index (κ3) is 4.27. The Kier molecular flexibility index (Phi) is 5.72. The molecule has 1 saturated heterocycles. The summed E-state index contributed by atoms with van der Waals surface area (Å²) in [4.78, 5) is 14.0. The molecular weight excluding hydrogens is 321 g/mol. The summed E-state index contributed by atoms with van der Waals surface area (Å²) in [7, 11) is -0.494. The fourth-order valence-electron chi connectivity index (χ4n) is 2.52. The molecule has 1 heterocycles. The van der Waals surface area contributed by atoms with Crippen molar-refractivity contribution in [2.75, 3.05) is 40.3 Å². The number of benzene rings is 1. The first-order valence-electron chi connectivity index (χ1n) is 7.51. The van der Waals surface area contributed by atoms with Crippen molar-refractivity contribution in [1.29, 1.82) is 0 Å². The minimum atomic E-state index is -3.47. The minimum absolute atomic E-state index is 0.00684. The molecule has 6 nitrogen and oxygen atoms in total. The van der Waals surface area contributed by atoms with Crippen LogP contribution in [0.4, 0.5) is 4.39 Å². The molecule has 0 aliphatic carbocycles. The molecule has 1 amide bonds. The van der Waals surface area contributed by atoms with Gasteiger partial charge in [-0.05, 0) is 18.1 Å². The monoisotopic (exact) mass is 343 g/mol. The van der Waals surface area contributed by atoms with Crippen LogP contribution in [-0.2, 0) is 21.4 Å². The lowest BCUT2D eigenvalue weighted by molar-refractivity contribution is -0.130. The molecule has 1 aromatic rings. The van der Waals surface area contributed by atoms with Gasteiger partial charge in [0.15, 0.2) is 0 Å². The van der Waals surface area contributed by atoms with Crippen LogP contribution in [0.1, 0.15) is 12.0 Å². The summed E-state index contributed by atoms with van der Waals surface area (Å²) in [6.45, 7) is 1.43.